The zero-order valence-electron chi connectivity index (χ0n) is 38.1. The molecule has 0 N–H and O–H groups in total. The Hall–Kier alpha value is -6.24. The third-order valence-corrected chi connectivity index (χ3v) is 12.8. The molecule has 0 aliphatic rings. The van der Waals surface area contributed by atoms with Crippen LogP contribution in [0.5, 0.6) is 0 Å². The molecule has 0 aliphatic carbocycles. The van der Waals surface area contributed by atoms with Crippen molar-refractivity contribution >= 4 is 76.9 Å². The van der Waals surface area contributed by atoms with Crippen LogP contribution in [0.15, 0.2) is 194 Å². The zero-order chi connectivity index (χ0) is 43.6. The molecule has 0 fully saturated rings. The van der Waals surface area contributed by atoms with Gasteiger partial charge in [-0.3, -0.25) is 0 Å². The van der Waals surface area contributed by atoms with E-state index in [-0.39, 0.29) is 74.0 Å². The maximum absolute atomic E-state index is 8.92. The first-order valence-electron chi connectivity index (χ1n) is 22.4. The van der Waals surface area contributed by atoms with Crippen molar-refractivity contribution in [2.75, 3.05) is 0 Å². The SMILES string of the molecule is [2H]c1c([2H])c([2H])c(-c2c3ccccc3c(-c3ccc4c(c3)[se]c3ccc(-c5c6ccccc6c(-c6c([2H])c([2H])c([2H])c([2H])c6[2H])c6ccccc56)cc34)c3ccccc23)c([2H])c1[2H]. The average molecular weight is 746 g/mol. The van der Waals surface area contributed by atoms with Crippen LogP contribution >= 0.6 is 0 Å². The molecule has 10 aromatic carbocycles. The van der Waals surface area contributed by atoms with Gasteiger partial charge in [0.15, 0.2) is 0 Å². The fourth-order valence-corrected chi connectivity index (χ4v) is 10.6. The summed E-state index contributed by atoms with van der Waals surface area (Å²) in [5.41, 5.74) is 5.68. The second-order valence-corrected chi connectivity index (χ2v) is 15.5. The van der Waals surface area contributed by atoms with Crippen LogP contribution in [0.25, 0.3) is 107 Å². The normalized spacial score (nSPS) is 14.4. The molecule has 0 saturated heterocycles. The van der Waals surface area contributed by atoms with E-state index >= 15 is 0 Å². The van der Waals surface area contributed by atoms with Gasteiger partial charge in [0.25, 0.3) is 0 Å². The van der Waals surface area contributed by atoms with Crippen LogP contribution in [0.4, 0.5) is 0 Å². The van der Waals surface area contributed by atoms with Gasteiger partial charge in [0.05, 0.1) is 1.37 Å². The molecule has 1 aromatic heterocycles. The molecule has 0 spiro atoms. The van der Waals surface area contributed by atoms with Crippen molar-refractivity contribution in [2.24, 2.45) is 0 Å². The molecule has 0 aliphatic heterocycles. The van der Waals surface area contributed by atoms with Crippen molar-refractivity contribution in [3.05, 3.63) is 194 Å². The molecular formula is C52H32Se. The van der Waals surface area contributed by atoms with E-state index in [1.807, 2.05) is 97.1 Å². The third kappa shape index (κ3) is 4.75. The van der Waals surface area contributed by atoms with Gasteiger partial charge in [0.1, 0.15) is 0 Å². The summed E-state index contributed by atoms with van der Waals surface area (Å²) in [4.78, 5) is 0. The number of rotatable bonds is 4. The number of hydrogen-bond acceptors (Lipinski definition) is 0. The van der Waals surface area contributed by atoms with Crippen LogP contribution in [0.3, 0.4) is 0 Å². The van der Waals surface area contributed by atoms with Crippen LogP contribution in [-0.2, 0) is 0 Å². The molecule has 0 saturated carbocycles. The van der Waals surface area contributed by atoms with Crippen molar-refractivity contribution in [3.63, 3.8) is 0 Å². The molecule has 0 radical (unpaired) electrons. The van der Waals surface area contributed by atoms with E-state index in [0.717, 1.165) is 76.1 Å². The standard InChI is InChI=1S/C52H32Se/c1-3-15-33(16-4-1)49-38-19-7-11-23-42(38)51(43-24-12-8-20-39(43)49)35-28-30-47-46(31-35)37-29-27-36(32-48(37)53-47)52-44-25-13-9-21-40(44)50(34-17-5-2-6-18-34)41-22-10-14-26-45(41)52/h1-32H/i1D,2D,3D,4D,5D,6D,15D,16D,17D,18D. The van der Waals surface area contributed by atoms with Gasteiger partial charge in [-0.15, -0.1) is 0 Å². The summed E-state index contributed by atoms with van der Waals surface area (Å²) in [5, 5.41) is 9.22. The van der Waals surface area contributed by atoms with Gasteiger partial charge in [-0.1, -0.05) is 0 Å². The van der Waals surface area contributed by atoms with Crippen molar-refractivity contribution in [1.82, 2.24) is 0 Å². The van der Waals surface area contributed by atoms with E-state index in [0.29, 0.717) is 11.1 Å². The van der Waals surface area contributed by atoms with Crippen LogP contribution < -0.4 is 0 Å². The first-order chi connectivity index (χ1) is 30.5. The number of benzene rings is 10. The van der Waals surface area contributed by atoms with Gasteiger partial charge in [0, 0.05) is 0 Å². The molecular weight excluding hydrogens is 704 g/mol. The molecule has 11 aromatic rings. The van der Waals surface area contributed by atoms with Crippen molar-refractivity contribution < 1.29 is 13.7 Å². The Morgan fingerprint density at radius 2 is 0.642 bits per heavy atom. The monoisotopic (exact) mass is 746 g/mol. The molecule has 0 nitrogen and oxygen atoms in total. The molecule has 0 unspecified atom stereocenters. The van der Waals surface area contributed by atoms with Crippen LogP contribution in [-0.4, -0.2) is 14.5 Å². The summed E-state index contributed by atoms with van der Waals surface area (Å²) in [7, 11) is 0. The number of hydrogen-bond donors (Lipinski definition) is 0. The molecule has 0 bridgehead atoms. The van der Waals surface area contributed by atoms with E-state index in [9.17, 15) is 0 Å². The Kier molecular flexibility index (Phi) is 5.05. The molecule has 1 heteroatoms. The molecule has 11 rings (SSSR count). The first-order valence-corrected chi connectivity index (χ1v) is 19.2. The second-order valence-electron chi connectivity index (χ2n) is 13.2. The fourth-order valence-electron chi connectivity index (χ4n) is 8.26. The first kappa shape index (κ1) is 22.0. The van der Waals surface area contributed by atoms with Gasteiger partial charge in [0.2, 0.25) is 0 Å². The third-order valence-electron chi connectivity index (χ3n) is 10.4. The average Bonchev–Trinajstić information content (AvgIpc) is 3.68. The molecule has 1 heterocycles. The zero-order valence-corrected chi connectivity index (χ0v) is 29.8. The predicted molar refractivity (Wildman–Crippen MR) is 230 cm³/mol. The summed E-state index contributed by atoms with van der Waals surface area (Å²) in [6.07, 6.45) is 0. The van der Waals surface area contributed by atoms with Crippen LogP contribution in [0.1, 0.15) is 13.7 Å². The van der Waals surface area contributed by atoms with Gasteiger partial charge in [-0.05, 0) is 0 Å². The minimum absolute atomic E-state index is 0.00690. The summed E-state index contributed by atoms with van der Waals surface area (Å²) in [6.45, 7) is 0. The summed E-state index contributed by atoms with van der Waals surface area (Å²) < 4.78 is 88.6. The van der Waals surface area contributed by atoms with Crippen molar-refractivity contribution in [3.8, 4) is 44.5 Å². The summed E-state index contributed by atoms with van der Waals surface area (Å²) >= 11 is -0.00690. The van der Waals surface area contributed by atoms with E-state index in [1.54, 1.807) is 0 Å². The molecule has 246 valence electrons. The van der Waals surface area contributed by atoms with Gasteiger partial charge in [-0.25, -0.2) is 0 Å². The van der Waals surface area contributed by atoms with Crippen LogP contribution in [0, 0.1) is 0 Å². The van der Waals surface area contributed by atoms with Crippen molar-refractivity contribution in [2.45, 2.75) is 0 Å². The molecule has 0 amide bonds. The fraction of sp³-hybridized carbons (Fsp3) is 0. The Morgan fingerprint density at radius 3 is 1.06 bits per heavy atom. The molecule has 0 atom stereocenters. The van der Waals surface area contributed by atoms with E-state index in [4.69, 9.17) is 13.7 Å². The second kappa shape index (κ2) is 12.2. The van der Waals surface area contributed by atoms with Gasteiger partial charge in [-0.2, -0.15) is 0 Å². The van der Waals surface area contributed by atoms with Gasteiger partial charge >= 0.3 is 328 Å². The van der Waals surface area contributed by atoms with E-state index < -0.39 is 12.1 Å². The Balaban J connectivity index is 1.12. The minimum atomic E-state index is -0.419. The summed E-state index contributed by atoms with van der Waals surface area (Å²) in [6, 6.07) is 41.8. The van der Waals surface area contributed by atoms with E-state index in [1.165, 1.54) is 8.52 Å². The topological polar surface area (TPSA) is 0 Å². The van der Waals surface area contributed by atoms with Gasteiger partial charge < -0.3 is 0 Å². The number of fused-ring (bicyclic) bond motifs is 7. The Bertz CT molecular complexity index is 3640. The van der Waals surface area contributed by atoms with Crippen LogP contribution in [0.2, 0.25) is 0 Å². The summed E-state index contributed by atoms with van der Waals surface area (Å²) in [5.74, 6) is 0. The maximum atomic E-state index is 8.92. The molecule has 53 heavy (non-hydrogen) atoms. The quantitative estimate of drug-likeness (QED) is 0.124. The van der Waals surface area contributed by atoms with E-state index in [2.05, 4.69) is 36.4 Å². The predicted octanol–water partition coefficient (Wildman–Crippen LogP) is 14.3. The Labute approximate surface area is 328 Å². The van der Waals surface area contributed by atoms with Crippen molar-refractivity contribution in [1.29, 1.82) is 0 Å². The Morgan fingerprint density at radius 1 is 0.283 bits per heavy atom.